The smallest absolute Gasteiger partial charge is 0.257 e. The molecule has 0 aliphatic rings. The lowest BCUT2D eigenvalue weighted by molar-refractivity contribution is -0.121. The number of rotatable bonds is 7. The first kappa shape index (κ1) is 17.6. The van der Waals surface area contributed by atoms with Crippen LogP contribution in [0.4, 0.5) is 4.39 Å². The van der Waals surface area contributed by atoms with Gasteiger partial charge in [0, 0.05) is 31.8 Å². The number of carbonyl (C=O) groups excluding carboxylic acids is 2. The summed E-state index contributed by atoms with van der Waals surface area (Å²) in [5.74, 6) is -1.45. The number of likely N-dealkylation sites (N-methyl/N-ethyl adjacent to an activating group) is 1. The largest absolute Gasteiger partial charge is 0.385 e. The quantitative estimate of drug-likeness (QED) is 0.754. The lowest BCUT2D eigenvalue weighted by atomic mass is 10.2. The SMILES string of the molecule is COCCCNC(=O)CN(C)C(=O)c1ccc(Br)cc1F. The van der Waals surface area contributed by atoms with Gasteiger partial charge in [0.25, 0.3) is 5.91 Å². The van der Waals surface area contributed by atoms with E-state index in [1.165, 1.54) is 24.1 Å². The number of hydrogen-bond acceptors (Lipinski definition) is 3. The van der Waals surface area contributed by atoms with Crippen LogP contribution in [0, 0.1) is 5.82 Å². The van der Waals surface area contributed by atoms with Crippen molar-refractivity contribution in [3.8, 4) is 0 Å². The lowest BCUT2D eigenvalue weighted by Crippen LogP contribution is -2.39. The highest BCUT2D eigenvalue weighted by Gasteiger charge is 2.18. The molecule has 0 saturated carbocycles. The van der Waals surface area contributed by atoms with Crippen molar-refractivity contribution in [1.82, 2.24) is 10.2 Å². The summed E-state index contributed by atoms with van der Waals surface area (Å²) < 4.78 is 19.1. The highest BCUT2D eigenvalue weighted by Crippen LogP contribution is 2.16. The second-order valence-corrected chi connectivity index (χ2v) is 5.40. The van der Waals surface area contributed by atoms with Crippen molar-refractivity contribution in [2.24, 2.45) is 0 Å². The van der Waals surface area contributed by atoms with Gasteiger partial charge in [-0.05, 0) is 24.6 Å². The van der Waals surface area contributed by atoms with Crippen LogP contribution in [0.2, 0.25) is 0 Å². The van der Waals surface area contributed by atoms with Gasteiger partial charge in [-0.2, -0.15) is 0 Å². The second kappa shape index (κ2) is 8.74. The molecule has 0 aliphatic heterocycles. The Kier molecular flexibility index (Phi) is 7.31. The van der Waals surface area contributed by atoms with Crippen molar-refractivity contribution in [2.75, 3.05) is 33.9 Å². The second-order valence-electron chi connectivity index (χ2n) is 4.48. The molecule has 0 bridgehead atoms. The number of amides is 2. The number of benzene rings is 1. The number of ether oxygens (including phenoxy) is 1. The average Bonchev–Trinajstić information content (AvgIpc) is 2.43. The first-order valence-electron chi connectivity index (χ1n) is 6.42. The van der Waals surface area contributed by atoms with E-state index < -0.39 is 11.7 Å². The zero-order valence-electron chi connectivity index (χ0n) is 12.0. The molecule has 0 aliphatic carbocycles. The van der Waals surface area contributed by atoms with Crippen LogP contribution in [0.5, 0.6) is 0 Å². The normalized spacial score (nSPS) is 10.3. The van der Waals surface area contributed by atoms with Crippen molar-refractivity contribution in [3.63, 3.8) is 0 Å². The zero-order chi connectivity index (χ0) is 15.8. The minimum Gasteiger partial charge on any atom is -0.385 e. The van der Waals surface area contributed by atoms with E-state index in [9.17, 15) is 14.0 Å². The van der Waals surface area contributed by atoms with Crippen LogP contribution in [0.3, 0.4) is 0 Å². The maximum Gasteiger partial charge on any atom is 0.257 e. The number of nitrogens with zero attached hydrogens (tertiary/aromatic N) is 1. The maximum atomic E-state index is 13.7. The van der Waals surface area contributed by atoms with Crippen LogP contribution in [-0.4, -0.2) is 50.6 Å². The fraction of sp³-hybridized carbons (Fsp3) is 0.429. The van der Waals surface area contributed by atoms with Gasteiger partial charge in [-0.3, -0.25) is 9.59 Å². The fourth-order valence-corrected chi connectivity index (χ4v) is 1.99. The number of hydrogen-bond donors (Lipinski definition) is 1. The van der Waals surface area contributed by atoms with Crippen molar-refractivity contribution in [1.29, 1.82) is 0 Å². The third kappa shape index (κ3) is 5.81. The van der Waals surface area contributed by atoms with E-state index in [-0.39, 0.29) is 18.0 Å². The molecule has 0 aromatic heterocycles. The topological polar surface area (TPSA) is 58.6 Å². The van der Waals surface area contributed by atoms with Gasteiger partial charge in [-0.1, -0.05) is 15.9 Å². The van der Waals surface area contributed by atoms with E-state index in [0.29, 0.717) is 24.0 Å². The first-order chi connectivity index (χ1) is 9.95. The summed E-state index contributed by atoms with van der Waals surface area (Å²) in [6, 6.07) is 4.18. The number of methoxy groups -OCH3 is 1. The summed E-state index contributed by atoms with van der Waals surface area (Å²) in [7, 11) is 3.04. The van der Waals surface area contributed by atoms with E-state index in [4.69, 9.17) is 4.74 Å². The van der Waals surface area contributed by atoms with Crippen LogP contribution in [-0.2, 0) is 9.53 Å². The summed E-state index contributed by atoms with van der Waals surface area (Å²) in [5.41, 5.74) is -0.0621. The highest BCUT2D eigenvalue weighted by molar-refractivity contribution is 9.10. The molecule has 1 aromatic rings. The number of nitrogens with one attached hydrogen (secondary N) is 1. The van der Waals surface area contributed by atoms with E-state index >= 15 is 0 Å². The Labute approximate surface area is 131 Å². The van der Waals surface area contributed by atoms with Gasteiger partial charge >= 0.3 is 0 Å². The molecule has 7 heteroatoms. The maximum absolute atomic E-state index is 13.7. The van der Waals surface area contributed by atoms with Gasteiger partial charge < -0.3 is 15.0 Å². The minimum atomic E-state index is -0.623. The summed E-state index contributed by atoms with van der Waals surface area (Å²) in [5, 5.41) is 2.66. The molecule has 0 atom stereocenters. The Balaban J connectivity index is 2.52. The lowest BCUT2D eigenvalue weighted by Gasteiger charge is -2.17. The molecule has 0 unspecified atom stereocenters. The van der Waals surface area contributed by atoms with E-state index in [2.05, 4.69) is 21.2 Å². The molecular formula is C14H18BrFN2O3. The minimum absolute atomic E-state index is 0.0621. The molecular weight excluding hydrogens is 343 g/mol. The standard InChI is InChI=1S/C14H18BrFN2O3/c1-18(9-13(19)17-6-3-7-21-2)14(20)11-5-4-10(15)8-12(11)16/h4-5,8H,3,6-7,9H2,1-2H3,(H,17,19). The van der Waals surface area contributed by atoms with E-state index in [1.54, 1.807) is 13.2 Å². The Morgan fingerprint density at radius 2 is 2.14 bits per heavy atom. The van der Waals surface area contributed by atoms with Gasteiger partial charge in [0.2, 0.25) is 5.91 Å². The third-order valence-corrected chi connectivity index (χ3v) is 3.23. The van der Waals surface area contributed by atoms with Gasteiger partial charge in [0.1, 0.15) is 5.82 Å². The Morgan fingerprint density at radius 3 is 2.76 bits per heavy atom. The van der Waals surface area contributed by atoms with Crippen molar-refractivity contribution in [2.45, 2.75) is 6.42 Å². The van der Waals surface area contributed by atoms with Crippen LogP contribution in [0.15, 0.2) is 22.7 Å². The third-order valence-electron chi connectivity index (χ3n) is 2.74. The molecule has 0 radical (unpaired) electrons. The molecule has 0 fully saturated rings. The first-order valence-corrected chi connectivity index (χ1v) is 7.21. The zero-order valence-corrected chi connectivity index (χ0v) is 13.6. The van der Waals surface area contributed by atoms with Crippen LogP contribution >= 0.6 is 15.9 Å². The predicted octanol–water partition coefficient (Wildman–Crippen LogP) is 1.81. The Hall–Kier alpha value is -1.47. The number of carbonyl (C=O) groups is 2. The van der Waals surface area contributed by atoms with Crippen molar-refractivity contribution < 1.29 is 18.7 Å². The van der Waals surface area contributed by atoms with Crippen LogP contribution < -0.4 is 5.32 Å². The van der Waals surface area contributed by atoms with Crippen LogP contribution in [0.1, 0.15) is 16.8 Å². The molecule has 0 saturated heterocycles. The monoisotopic (exact) mass is 360 g/mol. The molecule has 21 heavy (non-hydrogen) atoms. The summed E-state index contributed by atoms with van der Waals surface area (Å²) in [4.78, 5) is 24.9. The Bertz CT molecular complexity index is 511. The molecule has 2 amide bonds. The molecule has 1 N–H and O–H groups in total. The van der Waals surface area contributed by atoms with Crippen molar-refractivity contribution in [3.05, 3.63) is 34.1 Å². The Morgan fingerprint density at radius 1 is 1.43 bits per heavy atom. The van der Waals surface area contributed by atoms with Crippen molar-refractivity contribution >= 4 is 27.7 Å². The van der Waals surface area contributed by atoms with Gasteiger partial charge in [-0.25, -0.2) is 4.39 Å². The molecule has 0 spiro atoms. The molecule has 116 valence electrons. The average molecular weight is 361 g/mol. The molecule has 5 nitrogen and oxygen atoms in total. The summed E-state index contributed by atoms with van der Waals surface area (Å²) in [6.45, 7) is 0.905. The summed E-state index contributed by atoms with van der Waals surface area (Å²) in [6.07, 6.45) is 0.696. The predicted molar refractivity (Wildman–Crippen MR) is 80.6 cm³/mol. The molecule has 1 rings (SSSR count). The van der Waals surface area contributed by atoms with Gasteiger partial charge in [0.05, 0.1) is 12.1 Å². The number of halogens is 2. The summed E-state index contributed by atoms with van der Waals surface area (Å²) >= 11 is 3.12. The van der Waals surface area contributed by atoms with E-state index in [1.807, 2.05) is 0 Å². The molecule has 0 heterocycles. The molecule has 1 aromatic carbocycles. The van der Waals surface area contributed by atoms with Gasteiger partial charge in [-0.15, -0.1) is 0 Å². The van der Waals surface area contributed by atoms with Gasteiger partial charge in [0.15, 0.2) is 0 Å². The van der Waals surface area contributed by atoms with E-state index in [0.717, 1.165) is 0 Å². The van der Waals surface area contributed by atoms with Crippen LogP contribution in [0.25, 0.3) is 0 Å². The fourth-order valence-electron chi connectivity index (χ4n) is 1.66. The highest BCUT2D eigenvalue weighted by atomic mass is 79.9.